The van der Waals surface area contributed by atoms with E-state index in [9.17, 15) is 0 Å². The smallest absolute Gasteiger partial charge is 0.208 e. The minimum atomic E-state index is 0.0166. The molecule has 0 radical (unpaired) electrons. The second kappa shape index (κ2) is 7.24. The molecule has 1 unspecified atom stereocenters. The van der Waals surface area contributed by atoms with Gasteiger partial charge in [-0.25, -0.2) is 0 Å². The van der Waals surface area contributed by atoms with E-state index in [1.807, 2.05) is 19.0 Å². The fourth-order valence-corrected chi connectivity index (χ4v) is 3.61. The Morgan fingerprint density at radius 3 is 2.29 bits per heavy atom. The van der Waals surface area contributed by atoms with Crippen molar-refractivity contribution in [2.24, 2.45) is 5.73 Å². The molecule has 2 aromatic rings. The first-order chi connectivity index (χ1) is 9.97. The van der Waals surface area contributed by atoms with Gasteiger partial charge in [-0.2, -0.15) is 0 Å². The Kier molecular flexibility index (Phi) is 5.61. The molecule has 0 aliphatic carbocycles. The molecule has 4 nitrogen and oxygen atoms in total. The van der Waals surface area contributed by atoms with Crippen molar-refractivity contribution >= 4 is 28.2 Å². The summed E-state index contributed by atoms with van der Waals surface area (Å²) >= 11 is 3.26. The van der Waals surface area contributed by atoms with Gasteiger partial charge in [0.2, 0.25) is 5.13 Å². The zero-order chi connectivity index (χ0) is 15.4. The highest BCUT2D eigenvalue weighted by molar-refractivity contribution is 8.01. The van der Waals surface area contributed by atoms with E-state index >= 15 is 0 Å². The highest BCUT2D eigenvalue weighted by atomic mass is 32.2. The van der Waals surface area contributed by atoms with Gasteiger partial charge in [-0.15, -0.1) is 10.2 Å². The molecular formula is C15H22N4S2. The molecule has 6 heteroatoms. The van der Waals surface area contributed by atoms with E-state index in [2.05, 4.69) is 48.3 Å². The molecule has 1 heterocycles. The third-order valence-corrected chi connectivity index (χ3v) is 5.54. The predicted molar refractivity (Wildman–Crippen MR) is 92.4 cm³/mol. The van der Waals surface area contributed by atoms with Gasteiger partial charge < -0.3 is 10.6 Å². The zero-order valence-corrected chi connectivity index (χ0v) is 14.5. The van der Waals surface area contributed by atoms with Gasteiger partial charge in [0.15, 0.2) is 4.34 Å². The second-order valence-electron chi connectivity index (χ2n) is 5.48. The summed E-state index contributed by atoms with van der Waals surface area (Å²) in [5.41, 5.74) is 8.78. The van der Waals surface area contributed by atoms with Crippen molar-refractivity contribution in [1.29, 1.82) is 0 Å². The first-order valence-corrected chi connectivity index (χ1v) is 8.76. The maximum atomic E-state index is 6.26. The third kappa shape index (κ3) is 4.43. The number of anilines is 1. The van der Waals surface area contributed by atoms with Crippen LogP contribution in [0.5, 0.6) is 0 Å². The van der Waals surface area contributed by atoms with Crippen LogP contribution in [-0.2, 0) is 0 Å². The molecule has 1 aromatic heterocycles. The Morgan fingerprint density at radius 1 is 1.14 bits per heavy atom. The van der Waals surface area contributed by atoms with Crippen LogP contribution < -0.4 is 10.6 Å². The van der Waals surface area contributed by atoms with E-state index in [0.717, 1.165) is 15.2 Å². The number of rotatable bonds is 6. The van der Waals surface area contributed by atoms with E-state index in [1.54, 1.807) is 23.1 Å². The molecular weight excluding hydrogens is 300 g/mol. The fraction of sp³-hybridized carbons (Fsp3) is 0.467. The summed E-state index contributed by atoms with van der Waals surface area (Å²) in [6, 6.07) is 8.61. The van der Waals surface area contributed by atoms with Crippen molar-refractivity contribution in [2.45, 2.75) is 30.1 Å². The quantitative estimate of drug-likeness (QED) is 0.825. The van der Waals surface area contributed by atoms with Gasteiger partial charge >= 0.3 is 0 Å². The molecule has 21 heavy (non-hydrogen) atoms. The lowest BCUT2D eigenvalue weighted by atomic mass is 10.00. The van der Waals surface area contributed by atoms with E-state index in [1.165, 1.54) is 11.1 Å². The van der Waals surface area contributed by atoms with Crippen molar-refractivity contribution in [3.63, 3.8) is 0 Å². The summed E-state index contributed by atoms with van der Waals surface area (Å²) in [5, 5.41) is 9.23. The zero-order valence-electron chi connectivity index (χ0n) is 12.9. The molecule has 0 aliphatic heterocycles. The molecule has 0 saturated carbocycles. The van der Waals surface area contributed by atoms with Crippen molar-refractivity contribution in [3.05, 3.63) is 35.4 Å². The van der Waals surface area contributed by atoms with Crippen LogP contribution in [0.2, 0.25) is 0 Å². The molecule has 0 saturated heterocycles. The number of hydrogen-bond donors (Lipinski definition) is 1. The van der Waals surface area contributed by atoms with Crippen LogP contribution in [0.1, 0.15) is 36.9 Å². The first kappa shape index (κ1) is 16.3. The summed E-state index contributed by atoms with van der Waals surface area (Å²) in [4.78, 5) is 1.96. The topological polar surface area (TPSA) is 55.0 Å². The molecule has 0 spiro atoms. The molecule has 0 amide bonds. The largest absolute Gasteiger partial charge is 0.353 e. The highest BCUT2D eigenvalue weighted by Crippen LogP contribution is 2.29. The Hall–Kier alpha value is -1.11. The number of hydrogen-bond acceptors (Lipinski definition) is 6. The first-order valence-electron chi connectivity index (χ1n) is 6.96. The molecule has 0 bridgehead atoms. The van der Waals surface area contributed by atoms with Crippen LogP contribution in [0.25, 0.3) is 0 Å². The summed E-state index contributed by atoms with van der Waals surface area (Å²) in [6.07, 6.45) is 0. The summed E-state index contributed by atoms with van der Waals surface area (Å²) in [7, 11) is 3.94. The van der Waals surface area contributed by atoms with E-state index < -0.39 is 0 Å². The van der Waals surface area contributed by atoms with Crippen LogP contribution in [0.15, 0.2) is 28.6 Å². The average Bonchev–Trinajstić information content (AvgIpc) is 2.94. The molecule has 0 fully saturated rings. The lowest BCUT2D eigenvalue weighted by molar-refractivity contribution is 0.821. The van der Waals surface area contributed by atoms with Crippen molar-refractivity contribution in [3.8, 4) is 0 Å². The Morgan fingerprint density at radius 2 is 1.76 bits per heavy atom. The van der Waals surface area contributed by atoms with Gasteiger partial charge in [-0.05, 0) is 17.0 Å². The van der Waals surface area contributed by atoms with Crippen LogP contribution in [-0.4, -0.2) is 30.0 Å². The lowest BCUT2D eigenvalue weighted by Gasteiger charge is -2.12. The van der Waals surface area contributed by atoms with Gasteiger partial charge in [-0.3, -0.25) is 0 Å². The number of thioether (sulfide) groups is 1. The molecule has 2 N–H and O–H groups in total. The SMILES string of the molecule is CC(C)c1ccc(C(N)CSc2nnc(N(C)C)s2)cc1. The van der Waals surface area contributed by atoms with Gasteiger partial charge in [0.1, 0.15) is 0 Å². The maximum absolute atomic E-state index is 6.26. The molecule has 114 valence electrons. The number of nitrogens with zero attached hydrogens (tertiary/aromatic N) is 3. The Bertz CT molecular complexity index is 563. The summed E-state index contributed by atoms with van der Waals surface area (Å²) in [6.45, 7) is 4.39. The molecule has 1 aromatic carbocycles. The minimum Gasteiger partial charge on any atom is -0.353 e. The number of aromatic nitrogens is 2. The van der Waals surface area contributed by atoms with Gasteiger partial charge in [0.05, 0.1) is 0 Å². The van der Waals surface area contributed by atoms with E-state index in [4.69, 9.17) is 5.73 Å². The molecule has 0 aliphatic rings. The summed E-state index contributed by atoms with van der Waals surface area (Å²) in [5.74, 6) is 1.36. The lowest BCUT2D eigenvalue weighted by Crippen LogP contribution is -2.12. The maximum Gasteiger partial charge on any atom is 0.208 e. The van der Waals surface area contributed by atoms with Crippen LogP contribution in [0.3, 0.4) is 0 Å². The third-order valence-electron chi connectivity index (χ3n) is 3.20. The Labute approximate surface area is 134 Å². The summed E-state index contributed by atoms with van der Waals surface area (Å²) < 4.78 is 0.966. The molecule has 2 rings (SSSR count). The van der Waals surface area contributed by atoms with Gasteiger partial charge in [0, 0.05) is 25.9 Å². The predicted octanol–water partition coefficient (Wildman–Crippen LogP) is 3.52. The Balaban J connectivity index is 1.92. The van der Waals surface area contributed by atoms with Crippen LogP contribution >= 0.6 is 23.1 Å². The normalized spacial score (nSPS) is 12.7. The van der Waals surface area contributed by atoms with Crippen molar-refractivity contribution in [2.75, 3.05) is 24.7 Å². The fourth-order valence-electron chi connectivity index (χ4n) is 1.83. The standard InChI is InChI=1S/C15H22N4S2/c1-10(2)11-5-7-12(8-6-11)13(16)9-20-15-18-17-14(21-15)19(3)4/h5-8,10,13H,9,16H2,1-4H3. The van der Waals surface area contributed by atoms with E-state index in [-0.39, 0.29) is 6.04 Å². The van der Waals surface area contributed by atoms with Gasteiger partial charge in [-0.1, -0.05) is 61.2 Å². The van der Waals surface area contributed by atoms with Crippen LogP contribution in [0, 0.1) is 0 Å². The van der Waals surface area contributed by atoms with Crippen molar-refractivity contribution < 1.29 is 0 Å². The number of nitrogens with two attached hydrogens (primary N) is 1. The molecule has 1 atom stereocenters. The monoisotopic (exact) mass is 322 g/mol. The van der Waals surface area contributed by atoms with Crippen molar-refractivity contribution in [1.82, 2.24) is 10.2 Å². The average molecular weight is 323 g/mol. The van der Waals surface area contributed by atoms with Gasteiger partial charge in [0.25, 0.3) is 0 Å². The van der Waals surface area contributed by atoms with E-state index in [0.29, 0.717) is 5.92 Å². The highest BCUT2D eigenvalue weighted by Gasteiger charge is 2.11. The second-order valence-corrected chi connectivity index (χ2v) is 7.71. The number of benzene rings is 1. The van der Waals surface area contributed by atoms with Crippen LogP contribution in [0.4, 0.5) is 5.13 Å². The minimum absolute atomic E-state index is 0.0166.